The van der Waals surface area contributed by atoms with E-state index in [1.165, 1.54) is 6.92 Å². The fraction of sp³-hybridized carbons (Fsp3) is 0.385. The highest BCUT2D eigenvalue weighted by Crippen LogP contribution is 2.05. The predicted octanol–water partition coefficient (Wildman–Crippen LogP) is 2.20. The quantitative estimate of drug-likeness (QED) is 0.859. The molecule has 0 radical (unpaired) electrons. The number of halogens is 1. The van der Waals surface area contributed by atoms with Gasteiger partial charge in [0.25, 0.3) is 0 Å². The van der Waals surface area contributed by atoms with E-state index in [0.717, 1.165) is 0 Å². The van der Waals surface area contributed by atoms with Gasteiger partial charge in [0.1, 0.15) is 5.78 Å². The maximum atomic E-state index is 11.1. The molecule has 0 saturated heterocycles. The first-order valence-corrected chi connectivity index (χ1v) is 5.37. The maximum absolute atomic E-state index is 11.1. The molecule has 1 N–H and O–H groups in total. The van der Waals surface area contributed by atoms with Crippen LogP contribution in [0.2, 0.25) is 0 Å². The molecule has 4 nitrogen and oxygen atoms in total. The van der Waals surface area contributed by atoms with Gasteiger partial charge in [-0.15, -0.1) is 12.4 Å². The van der Waals surface area contributed by atoms with Gasteiger partial charge < -0.3 is 10.2 Å². The number of hydrogen-bond acceptors (Lipinski definition) is 3. The highest BCUT2D eigenvalue weighted by Gasteiger charge is 2.04. The van der Waals surface area contributed by atoms with Gasteiger partial charge >= 0.3 is 0 Å². The Morgan fingerprint density at radius 1 is 1.11 bits per heavy atom. The second-order valence-corrected chi connectivity index (χ2v) is 4.13. The summed E-state index contributed by atoms with van der Waals surface area (Å²) >= 11 is 0. The lowest BCUT2D eigenvalue weighted by Crippen LogP contribution is -2.14. The van der Waals surface area contributed by atoms with Gasteiger partial charge in [-0.05, 0) is 40.2 Å². The van der Waals surface area contributed by atoms with Crippen LogP contribution in [0.3, 0.4) is 0 Å². The molecule has 0 atom stereocenters. The summed E-state index contributed by atoms with van der Waals surface area (Å²) in [7, 11) is 6.00. The molecular formula is C13H21ClN2O2. The predicted molar refractivity (Wildman–Crippen MR) is 77.2 cm³/mol. The fourth-order valence-corrected chi connectivity index (χ4v) is 0.953. The molecule has 0 aliphatic heterocycles. The monoisotopic (exact) mass is 272 g/mol. The molecule has 102 valence electrons. The molecule has 0 spiro atoms. The summed E-state index contributed by atoms with van der Waals surface area (Å²) in [5.41, 5.74) is 0.716. The van der Waals surface area contributed by atoms with Crippen LogP contribution in [0, 0.1) is 0 Å². The van der Waals surface area contributed by atoms with Gasteiger partial charge in [-0.25, -0.2) is 0 Å². The van der Waals surface area contributed by atoms with Crippen LogP contribution < -0.4 is 5.32 Å². The lowest BCUT2D eigenvalue weighted by atomic mass is 10.2. The van der Waals surface area contributed by atoms with Gasteiger partial charge in [0.05, 0.1) is 6.42 Å². The van der Waals surface area contributed by atoms with E-state index in [2.05, 4.69) is 5.32 Å². The second kappa shape index (κ2) is 10.7. The topological polar surface area (TPSA) is 49.4 Å². The van der Waals surface area contributed by atoms with Crippen LogP contribution in [0.5, 0.6) is 0 Å². The minimum atomic E-state index is -0.265. The minimum absolute atomic E-state index is 0. The van der Waals surface area contributed by atoms with E-state index in [1.54, 1.807) is 12.1 Å². The standard InChI is InChI=1S/C10H11NO2.C3H9N.ClH/c1-8(12)7-10(13)11-9-5-3-2-4-6-9;1-4(2)3;/h2-6H,7H2,1H3,(H,11,13);1-3H3;1H. The third-order valence-corrected chi connectivity index (χ3v) is 1.47. The Kier molecular flexibility index (Phi) is 11.3. The molecule has 0 saturated carbocycles. The Morgan fingerprint density at radius 3 is 1.94 bits per heavy atom. The Bertz CT molecular complexity index is 351. The van der Waals surface area contributed by atoms with Crippen LogP contribution in [-0.4, -0.2) is 37.7 Å². The number of amides is 1. The van der Waals surface area contributed by atoms with Crippen molar-refractivity contribution in [3.63, 3.8) is 0 Å². The van der Waals surface area contributed by atoms with E-state index in [-0.39, 0.29) is 30.5 Å². The van der Waals surface area contributed by atoms with Gasteiger partial charge in [0.15, 0.2) is 0 Å². The van der Waals surface area contributed by atoms with Gasteiger partial charge in [0.2, 0.25) is 5.91 Å². The highest BCUT2D eigenvalue weighted by atomic mass is 35.5. The second-order valence-electron chi connectivity index (χ2n) is 4.13. The average molecular weight is 273 g/mol. The van der Waals surface area contributed by atoms with Crippen molar-refractivity contribution < 1.29 is 9.59 Å². The van der Waals surface area contributed by atoms with Crippen molar-refractivity contribution in [2.24, 2.45) is 0 Å². The first-order valence-electron chi connectivity index (χ1n) is 5.37. The zero-order chi connectivity index (χ0) is 13.3. The highest BCUT2D eigenvalue weighted by molar-refractivity contribution is 6.03. The van der Waals surface area contributed by atoms with E-state index >= 15 is 0 Å². The smallest absolute Gasteiger partial charge is 0.231 e. The zero-order valence-corrected chi connectivity index (χ0v) is 12.1. The molecule has 18 heavy (non-hydrogen) atoms. The Labute approximate surface area is 115 Å². The number of ketones is 1. The third-order valence-electron chi connectivity index (χ3n) is 1.47. The van der Waals surface area contributed by atoms with Crippen molar-refractivity contribution in [1.29, 1.82) is 0 Å². The molecule has 0 heterocycles. The molecule has 0 bridgehead atoms. The molecule has 1 rings (SSSR count). The number of nitrogens with zero attached hydrogens (tertiary/aromatic N) is 1. The van der Waals surface area contributed by atoms with E-state index in [9.17, 15) is 9.59 Å². The molecule has 0 fully saturated rings. The van der Waals surface area contributed by atoms with Crippen molar-refractivity contribution in [2.45, 2.75) is 13.3 Å². The summed E-state index contributed by atoms with van der Waals surface area (Å²) in [6.07, 6.45) is -0.0606. The first kappa shape index (κ1) is 19.0. The molecule has 1 amide bonds. The minimum Gasteiger partial charge on any atom is -0.326 e. The van der Waals surface area contributed by atoms with Crippen molar-refractivity contribution in [1.82, 2.24) is 4.90 Å². The van der Waals surface area contributed by atoms with Crippen LogP contribution in [0.4, 0.5) is 5.69 Å². The molecule has 0 unspecified atom stereocenters. The number of hydrogen-bond donors (Lipinski definition) is 1. The molecule has 0 aliphatic carbocycles. The Hall–Kier alpha value is -1.39. The normalized spacial score (nSPS) is 8.72. The summed E-state index contributed by atoms with van der Waals surface area (Å²) in [6.45, 7) is 1.39. The number of rotatable bonds is 3. The van der Waals surface area contributed by atoms with Gasteiger partial charge in [-0.2, -0.15) is 0 Å². The Balaban J connectivity index is 0. The van der Waals surface area contributed by atoms with Crippen molar-refractivity contribution in [2.75, 3.05) is 26.5 Å². The number of carbonyl (C=O) groups is 2. The van der Waals surface area contributed by atoms with Crippen LogP contribution in [0.25, 0.3) is 0 Å². The van der Waals surface area contributed by atoms with Gasteiger partial charge in [-0.3, -0.25) is 9.59 Å². The maximum Gasteiger partial charge on any atom is 0.231 e. The van der Waals surface area contributed by atoms with Gasteiger partial charge in [-0.1, -0.05) is 18.2 Å². The molecule has 5 heteroatoms. The summed E-state index contributed by atoms with van der Waals surface area (Å²) in [6, 6.07) is 9.06. The van der Waals surface area contributed by atoms with E-state index in [4.69, 9.17) is 0 Å². The van der Waals surface area contributed by atoms with Gasteiger partial charge in [0, 0.05) is 5.69 Å². The Morgan fingerprint density at radius 2 is 1.56 bits per heavy atom. The number of nitrogens with one attached hydrogen (secondary N) is 1. The average Bonchev–Trinajstić information content (AvgIpc) is 2.16. The van der Waals surface area contributed by atoms with Crippen molar-refractivity contribution in [3.05, 3.63) is 30.3 Å². The van der Waals surface area contributed by atoms with Crippen LogP contribution in [0.1, 0.15) is 13.3 Å². The van der Waals surface area contributed by atoms with Crippen molar-refractivity contribution in [3.8, 4) is 0 Å². The third kappa shape index (κ3) is 12.7. The lowest BCUT2D eigenvalue weighted by Gasteiger charge is -2.01. The van der Waals surface area contributed by atoms with E-state index < -0.39 is 0 Å². The summed E-state index contributed by atoms with van der Waals surface area (Å²) in [5.74, 6) is -0.396. The number of Topliss-reactive ketones (excluding diaryl/α,β-unsaturated/α-hetero) is 1. The van der Waals surface area contributed by atoms with E-state index in [0.29, 0.717) is 5.69 Å². The zero-order valence-electron chi connectivity index (χ0n) is 11.3. The molecule has 0 aliphatic rings. The number of benzene rings is 1. The SMILES string of the molecule is CC(=O)CC(=O)Nc1ccccc1.CN(C)C.Cl. The largest absolute Gasteiger partial charge is 0.326 e. The molecule has 1 aromatic carbocycles. The molecule has 0 aromatic heterocycles. The summed E-state index contributed by atoms with van der Waals surface area (Å²) < 4.78 is 0. The lowest BCUT2D eigenvalue weighted by molar-refractivity contribution is -0.124. The molecule has 1 aromatic rings. The number of anilines is 1. The van der Waals surface area contributed by atoms with Crippen LogP contribution >= 0.6 is 12.4 Å². The fourth-order valence-electron chi connectivity index (χ4n) is 0.953. The van der Waals surface area contributed by atoms with Crippen molar-refractivity contribution >= 4 is 29.8 Å². The number of para-hydroxylation sites is 1. The molecular weight excluding hydrogens is 252 g/mol. The number of carbonyl (C=O) groups excluding carboxylic acids is 2. The van der Waals surface area contributed by atoms with Crippen LogP contribution in [0.15, 0.2) is 30.3 Å². The van der Waals surface area contributed by atoms with Crippen LogP contribution in [-0.2, 0) is 9.59 Å². The van der Waals surface area contributed by atoms with E-state index in [1.807, 2.05) is 44.2 Å². The summed E-state index contributed by atoms with van der Waals surface area (Å²) in [4.78, 5) is 23.7. The first-order chi connectivity index (χ1) is 7.91. The summed E-state index contributed by atoms with van der Waals surface area (Å²) in [5, 5.41) is 2.61.